The van der Waals surface area contributed by atoms with Crippen molar-refractivity contribution in [2.45, 2.75) is 19.8 Å². The largest absolute Gasteiger partial charge is 0.481 e. The van der Waals surface area contributed by atoms with Crippen molar-refractivity contribution in [2.75, 3.05) is 0 Å². The lowest BCUT2D eigenvalue weighted by Crippen LogP contribution is -2.10. The zero-order chi connectivity index (χ0) is 10.6. The first kappa shape index (κ1) is 10.6. The Morgan fingerprint density at radius 1 is 1.64 bits per heavy atom. The van der Waals surface area contributed by atoms with Gasteiger partial charge in [0.1, 0.15) is 0 Å². The van der Waals surface area contributed by atoms with Gasteiger partial charge in [-0.25, -0.2) is 4.98 Å². The summed E-state index contributed by atoms with van der Waals surface area (Å²) in [5.74, 6) is -1.69. The molecule has 0 aliphatic rings. The van der Waals surface area contributed by atoms with Crippen molar-refractivity contribution in [3.8, 4) is 0 Å². The van der Waals surface area contributed by atoms with E-state index in [9.17, 15) is 9.18 Å². The van der Waals surface area contributed by atoms with Crippen molar-refractivity contribution in [3.05, 3.63) is 29.8 Å². The number of hydrogen-bond donors (Lipinski definition) is 1. The topological polar surface area (TPSA) is 50.2 Å². The summed E-state index contributed by atoms with van der Waals surface area (Å²) in [5.41, 5.74) is 0.861. The van der Waals surface area contributed by atoms with Gasteiger partial charge in [-0.05, 0) is 24.5 Å². The van der Waals surface area contributed by atoms with Crippen LogP contribution < -0.4 is 0 Å². The zero-order valence-corrected chi connectivity index (χ0v) is 7.90. The first-order chi connectivity index (χ1) is 6.59. The van der Waals surface area contributed by atoms with Crippen LogP contribution in [0.25, 0.3) is 0 Å². The fraction of sp³-hybridized carbons (Fsp3) is 0.400. The Hall–Kier alpha value is -1.45. The van der Waals surface area contributed by atoms with Crippen molar-refractivity contribution >= 4 is 5.97 Å². The number of carboxylic acid groups (broad SMARTS) is 1. The minimum atomic E-state index is -0.805. The van der Waals surface area contributed by atoms with Gasteiger partial charge in [-0.3, -0.25) is 4.79 Å². The molecule has 0 saturated heterocycles. The summed E-state index contributed by atoms with van der Waals surface area (Å²) in [4.78, 5) is 14.0. The summed E-state index contributed by atoms with van der Waals surface area (Å²) in [5, 5.41) is 8.63. The summed E-state index contributed by atoms with van der Waals surface area (Å²) >= 11 is 0. The third kappa shape index (κ3) is 3.12. The van der Waals surface area contributed by atoms with Gasteiger partial charge in [0, 0.05) is 6.20 Å². The van der Waals surface area contributed by atoms with Gasteiger partial charge < -0.3 is 5.11 Å². The normalized spacial score (nSPS) is 12.4. The van der Waals surface area contributed by atoms with Crippen molar-refractivity contribution in [1.29, 1.82) is 0 Å². The van der Waals surface area contributed by atoms with E-state index in [0.717, 1.165) is 5.56 Å². The predicted molar refractivity (Wildman–Crippen MR) is 49.3 cm³/mol. The van der Waals surface area contributed by atoms with Gasteiger partial charge in [0.2, 0.25) is 5.95 Å². The number of carboxylic acids is 1. The number of carbonyl (C=O) groups is 1. The highest BCUT2D eigenvalue weighted by Crippen LogP contribution is 2.09. The second-order valence-electron chi connectivity index (χ2n) is 3.27. The Bertz CT molecular complexity index is 310. The average molecular weight is 197 g/mol. The van der Waals surface area contributed by atoms with Crippen molar-refractivity contribution < 1.29 is 14.3 Å². The molecule has 76 valence electrons. The summed E-state index contributed by atoms with van der Waals surface area (Å²) in [6.07, 6.45) is 2.59. The predicted octanol–water partition coefficient (Wildman–Crippen LogP) is 1.87. The molecule has 0 spiro atoms. The Kier molecular flexibility index (Phi) is 3.56. The van der Waals surface area contributed by atoms with E-state index in [1.807, 2.05) is 0 Å². The molecule has 0 fully saturated rings. The third-order valence-corrected chi connectivity index (χ3v) is 2.08. The maximum Gasteiger partial charge on any atom is 0.306 e. The smallest absolute Gasteiger partial charge is 0.306 e. The highest BCUT2D eigenvalue weighted by atomic mass is 19.1. The number of aliphatic carboxylic acids is 1. The quantitative estimate of drug-likeness (QED) is 0.749. The van der Waals surface area contributed by atoms with Crippen molar-refractivity contribution in [3.63, 3.8) is 0 Å². The minimum Gasteiger partial charge on any atom is -0.481 e. The van der Waals surface area contributed by atoms with E-state index in [1.54, 1.807) is 13.0 Å². The molecule has 4 heteroatoms. The van der Waals surface area contributed by atoms with Crippen molar-refractivity contribution in [1.82, 2.24) is 4.98 Å². The van der Waals surface area contributed by atoms with Crippen LogP contribution in [0.4, 0.5) is 4.39 Å². The Morgan fingerprint density at radius 2 is 2.36 bits per heavy atom. The molecule has 0 radical (unpaired) electrons. The fourth-order valence-electron chi connectivity index (χ4n) is 1.06. The summed E-state index contributed by atoms with van der Waals surface area (Å²) < 4.78 is 12.4. The number of pyridine rings is 1. The molecule has 0 aromatic carbocycles. The first-order valence-electron chi connectivity index (χ1n) is 4.43. The van der Waals surface area contributed by atoms with E-state index < -0.39 is 11.9 Å². The number of aromatic nitrogens is 1. The van der Waals surface area contributed by atoms with Crippen LogP contribution in [0.5, 0.6) is 0 Å². The lowest BCUT2D eigenvalue weighted by molar-refractivity contribution is -0.141. The molecule has 3 nitrogen and oxygen atoms in total. The molecule has 0 aliphatic heterocycles. The molecule has 0 amide bonds. The van der Waals surface area contributed by atoms with Gasteiger partial charge in [-0.2, -0.15) is 4.39 Å². The second kappa shape index (κ2) is 4.69. The van der Waals surface area contributed by atoms with Crippen LogP contribution in [0.2, 0.25) is 0 Å². The van der Waals surface area contributed by atoms with E-state index in [-0.39, 0.29) is 5.92 Å². The molecule has 1 unspecified atom stereocenters. The van der Waals surface area contributed by atoms with E-state index in [4.69, 9.17) is 5.11 Å². The Morgan fingerprint density at radius 3 is 2.86 bits per heavy atom. The number of rotatable bonds is 4. The number of nitrogens with zero attached hydrogens (tertiary/aromatic N) is 1. The van der Waals surface area contributed by atoms with Gasteiger partial charge in [-0.1, -0.05) is 13.0 Å². The number of halogens is 1. The SMILES string of the molecule is CC(CCc1ccc(F)nc1)C(=O)O. The third-order valence-electron chi connectivity index (χ3n) is 2.08. The summed E-state index contributed by atoms with van der Waals surface area (Å²) in [6, 6.07) is 2.90. The monoisotopic (exact) mass is 197 g/mol. The van der Waals surface area contributed by atoms with Gasteiger partial charge in [0.25, 0.3) is 0 Å². The van der Waals surface area contributed by atoms with Crippen LogP contribution in [-0.4, -0.2) is 16.1 Å². The van der Waals surface area contributed by atoms with Crippen LogP contribution >= 0.6 is 0 Å². The van der Waals surface area contributed by atoms with E-state index in [0.29, 0.717) is 12.8 Å². The standard InChI is InChI=1S/C10H12FNO2/c1-7(10(13)14)2-3-8-4-5-9(11)12-6-8/h4-7H,2-3H2,1H3,(H,13,14). The molecule has 0 saturated carbocycles. The summed E-state index contributed by atoms with van der Waals surface area (Å²) in [7, 11) is 0. The number of hydrogen-bond acceptors (Lipinski definition) is 2. The molecule has 1 heterocycles. The highest BCUT2D eigenvalue weighted by molar-refractivity contribution is 5.69. The molecule has 0 aliphatic carbocycles. The molecule has 14 heavy (non-hydrogen) atoms. The van der Waals surface area contributed by atoms with Gasteiger partial charge in [-0.15, -0.1) is 0 Å². The second-order valence-corrected chi connectivity index (χ2v) is 3.27. The van der Waals surface area contributed by atoms with Gasteiger partial charge >= 0.3 is 5.97 Å². The molecule has 1 atom stereocenters. The van der Waals surface area contributed by atoms with Crippen LogP contribution in [0.15, 0.2) is 18.3 Å². The average Bonchev–Trinajstić information content (AvgIpc) is 2.16. The maximum atomic E-state index is 12.4. The molecule has 1 aromatic heterocycles. The zero-order valence-electron chi connectivity index (χ0n) is 7.90. The summed E-state index contributed by atoms with van der Waals surface area (Å²) in [6.45, 7) is 1.65. The molecule has 1 rings (SSSR count). The van der Waals surface area contributed by atoms with Crippen LogP contribution in [0.3, 0.4) is 0 Å². The van der Waals surface area contributed by atoms with Gasteiger partial charge in [0.15, 0.2) is 0 Å². The maximum absolute atomic E-state index is 12.4. The Balaban J connectivity index is 2.46. The molecular formula is C10H12FNO2. The van der Waals surface area contributed by atoms with Crippen LogP contribution in [0, 0.1) is 11.9 Å². The van der Waals surface area contributed by atoms with Gasteiger partial charge in [0.05, 0.1) is 5.92 Å². The van der Waals surface area contributed by atoms with E-state index in [2.05, 4.69) is 4.98 Å². The first-order valence-corrected chi connectivity index (χ1v) is 4.43. The fourth-order valence-corrected chi connectivity index (χ4v) is 1.06. The Labute approximate surface area is 81.6 Å². The molecular weight excluding hydrogens is 185 g/mol. The lowest BCUT2D eigenvalue weighted by atomic mass is 10.0. The molecule has 0 bridgehead atoms. The van der Waals surface area contributed by atoms with E-state index in [1.165, 1.54) is 12.3 Å². The van der Waals surface area contributed by atoms with Crippen LogP contribution in [-0.2, 0) is 11.2 Å². The van der Waals surface area contributed by atoms with E-state index >= 15 is 0 Å². The van der Waals surface area contributed by atoms with Crippen molar-refractivity contribution in [2.24, 2.45) is 5.92 Å². The lowest BCUT2D eigenvalue weighted by Gasteiger charge is -2.04. The number of aryl methyl sites for hydroxylation is 1. The molecule has 1 N–H and O–H groups in total. The van der Waals surface area contributed by atoms with Crippen LogP contribution in [0.1, 0.15) is 18.9 Å². The molecule has 1 aromatic rings. The highest BCUT2D eigenvalue weighted by Gasteiger charge is 2.10. The minimum absolute atomic E-state index is 0.375.